The highest BCUT2D eigenvalue weighted by Gasteiger charge is 2.07. The summed E-state index contributed by atoms with van der Waals surface area (Å²) in [5, 5.41) is 0.868. The van der Waals surface area contributed by atoms with Crippen molar-refractivity contribution in [2.75, 3.05) is 5.73 Å². The predicted molar refractivity (Wildman–Crippen MR) is 80.7 cm³/mol. The lowest BCUT2D eigenvalue weighted by Gasteiger charge is -2.09. The number of nitrogens with two attached hydrogens (primary N) is 1. The van der Waals surface area contributed by atoms with Gasteiger partial charge in [0.25, 0.3) is 0 Å². The molecule has 106 valence electrons. The highest BCUT2D eigenvalue weighted by Crippen LogP contribution is 2.28. The summed E-state index contributed by atoms with van der Waals surface area (Å²) in [6, 6.07) is 10.3. The average molecular weight is 282 g/mol. The van der Waals surface area contributed by atoms with Crippen molar-refractivity contribution in [2.45, 2.75) is 13.8 Å². The molecule has 2 N–H and O–H groups in total. The third-order valence-electron chi connectivity index (χ3n) is 3.17. The van der Waals surface area contributed by atoms with Crippen LogP contribution in [0.3, 0.4) is 0 Å². The lowest BCUT2D eigenvalue weighted by Crippen LogP contribution is -1.99. The van der Waals surface area contributed by atoms with Crippen LogP contribution in [0.25, 0.3) is 11.0 Å². The Bertz CT molecular complexity index is 884. The fraction of sp³-hybridized carbons (Fsp3) is 0.125. The number of nitrogens with zero attached hydrogens (tertiary/aromatic N) is 1. The predicted octanol–water partition coefficient (Wildman–Crippen LogP) is 3.18. The van der Waals surface area contributed by atoms with Crippen LogP contribution in [0.15, 0.2) is 45.6 Å². The molecule has 0 fully saturated rings. The van der Waals surface area contributed by atoms with Crippen LogP contribution in [-0.2, 0) is 0 Å². The Morgan fingerprint density at radius 1 is 1.14 bits per heavy atom. The number of pyridine rings is 1. The van der Waals surface area contributed by atoms with Gasteiger partial charge in [-0.1, -0.05) is 0 Å². The van der Waals surface area contributed by atoms with E-state index in [1.807, 2.05) is 26.0 Å². The Balaban J connectivity index is 2.05. The number of hydrogen-bond donors (Lipinski definition) is 1. The quantitative estimate of drug-likeness (QED) is 0.730. The van der Waals surface area contributed by atoms with E-state index in [1.165, 1.54) is 6.07 Å². The van der Waals surface area contributed by atoms with Crippen molar-refractivity contribution in [1.82, 2.24) is 4.98 Å². The van der Waals surface area contributed by atoms with E-state index >= 15 is 0 Å². The summed E-state index contributed by atoms with van der Waals surface area (Å²) in [7, 11) is 0. The highest BCUT2D eigenvalue weighted by molar-refractivity contribution is 5.81. The zero-order valence-electron chi connectivity index (χ0n) is 11.7. The molecule has 0 saturated carbocycles. The lowest BCUT2D eigenvalue weighted by molar-refractivity contribution is 0.462. The summed E-state index contributed by atoms with van der Waals surface area (Å²) in [4.78, 5) is 15.7. The van der Waals surface area contributed by atoms with Crippen LogP contribution in [0, 0.1) is 13.8 Å². The van der Waals surface area contributed by atoms with Gasteiger partial charge in [0.1, 0.15) is 11.3 Å². The molecule has 1 aromatic carbocycles. The van der Waals surface area contributed by atoms with E-state index in [2.05, 4.69) is 4.98 Å². The number of aromatic nitrogens is 1. The molecule has 5 nitrogen and oxygen atoms in total. The molecule has 0 bridgehead atoms. The van der Waals surface area contributed by atoms with Crippen LogP contribution >= 0.6 is 0 Å². The van der Waals surface area contributed by atoms with E-state index in [0.717, 1.165) is 16.6 Å². The van der Waals surface area contributed by atoms with Crippen molar-refractivity contribution in [2.24, 2.45) is 0 Å². The van der Waals surface area contributed by atoms with E-state index in [-0.39, 0.29) is 5.63 Å². The van der Waals surface area contributed by atoms with Crippen molar-refractivity contribution in [3.63, 3.8) is 0 Å². The monoisotopic (exact) mass is 282 g/mol. The number of fused-ring (bicyclic) bond motifs is 1. The molecule has 0 saturated heterocycles. The average Bonchev–Trinajstić information content (AvgIpc) is 2.42. The standard InChI is InChI=1S/C16H14N2O3/c1-9-7-15(19)21-14-8-11(4-5-12(9)14)20-16-13(17)6-3-10(2)18-16/h3-8H,17H2,1-2H3. The normalized spacial score (nSPS) is 10.8. The molecule has 3 aromatic rings. The van der Waals surface area contributed by atoms with Gasteiger partial charge in [-0.25, -0.2) is 9.78 Å². The lowest BCUT2D eigenvalue weighted by atomic mass is 10.1. The molecule has 3 rings (SSSR count). The van der Waals surface area contributed by atoms with Gasteiger partial charge in [-0.2, -0.15) is 0 Å². The number of aryl methyl sites for hydroxylation is 2. The minimum Gasteiger partial charge on any atom is -0.437 e. The molecule has 2 heterocycles. The second-order valence-electron chi connectivity index (χ2n) is 4.86. The Kier molecular flexibility index (Phi) is 3.10. The molecule has 0 unspecified atom stereocenters. The second kappa shape index (κ2) is 4.94. The van der Waals surface area contributed by atoms with Crippen molar-refractivity contribution < 1.29 is 9.15 Å². The largest absolute Gasteiger partial charge is 0.437 e. The summed E-state index contributed by atoms with van der Waals surface area (Å²) in [5.74, 6) is 0.852. The van der Waals surface area contributed by atoms with Gasteiger partial charge in [0.05, 0.1) is 5.69 Å². The van der Waals surface area contributed by atoms with Gasteiger partial charge in [0, 0.05) is 23.2 Å². The zero-order valence-corrected chi connectivity index (χ0v) is 11.7. The molecule has 0 amide bonds. The van der Waals surface area contributed by atoms with Gasteiger partial charge in [-0.3, -0.25) is 0 Å². The van der Waals surface area contributed by atoms with Crippen LogP contribution < -0.4 is 16.1 Å². The van der Waals surface area contributed by atoms with Crippen LogP contribution in [0.2, 0.25) is 0 Å². The number of benzene rings is 1. The summed E-state index contributed by atoms with van der Waals surface area (Å²) in [5.41, 5.74) is 8.05. The van der Waals surface area contributed by atoms with E-state index in [1.54, 1.807) is 18.2 Å². The molecule has 0 atom stereocenters. The Morgan fingerprint density at radius 3 is 2.76 bits per heavy atom. The number of ether oxygens (including phenoxy) is 1. The molecule has 0 radical (unpaired) electrons. The van der Waals surface area contributed by atoms with E-state index in [0.29, 0.717) is 22.9 Å². The van der Waals surface area contributed by atoms with E-state index < -0.39 is 0 Å². The number of hydrogen-bond acceptors (Lipinski definition) is 5. The first-order valence-electron chi connectivity index (χ1n) is 6.48. The molecule has 0 aliphatic rings. The smallest absolute Gasteiger partial charge is 0.336 e. The van der Waals surface area contributed by atoms with Crippen molar-refractivity contribution in [1.29, 1.82) is 0 Å². The maximum Gasteiger partial charge on any atom is 0.336 e. The van der Waals surface area contributed by atoms with Crippen LogP contribution in [-0.4, -0.2) is 4.98 Å². The first-order valence-corrected chi connectivity index (χ1v) is 6.48. The number of rotatable bonds is 2. The molecular weight excluding hydrogens is 268 g/mol. The molecule has 2 aromatic heterocycles. The summed E-state index contributed by atoms with van der Waals surface area (Å²) in [6.45, 7) is 3.72. The molecule has 0 aliphatic carbocycles. The molecule has 21 heavy (non-hydrogen) atoms. The molecule has 0 spiro atoms. The SMILES string of the molecule is Cc1ccc(N)c(Oc2ccc3c(C)cc(=O)oc3c2)n1. The van der Waals surface area contributed by atoms with Gasteiger partial charge in [0.2, 0.25) is 5.88 Å². The number of nitrogen functional groups attached to an aromatic ring is 1. The van der Waals surface area contributed by atoms with Gasteiger partial charge in [0.15, 0.2) is 0 Å². The van der Waals surface area contributed by atoms with Crippen molar-refractivity contribution in [3.05, 3.63) is 58.1 Å². The van der Waals surface area contributed by atoms with E-state index in [4.69, 9.17) is 14.9 Å². The minimum absolute atomic E-state index is 0.337. The molecular formula is C16H14N2O3. The maximum absolute atomic E-state index is 11.4. The zero-order chi connectivity index (χ0) is 15.0. The Hall–Kier alpha value is -2.82. The Labute approximate surface area is 121 Å². The van der Waals surface area contributed by atoms with Gasteiger partial charge in [-0.15, -0.1) is 0 Å². The Morgan fingerprint density at radius 2 is 1.95 bits per heavy atom. The van der Waals surface area contributed by atoms with Crippen molar-refractivity contribution in [3.8, 4) is 11.6 Å². The molecule has 0 aliphatic heterocycles. The first-order chi connectivity index (χ1) is 10.0. The molecule has 5 heteroatoms. The van der Waals surface area contributed by atoms with Crippen LogP contribution in [0.1, 0.15) is 11.3 Å². The second-order valence-corrected chi connectivity index (χ2v) is 4.86. The van der Waals surface area contributed by atoms with Crippen LogP contribution in [0.5, 0.6) is 11.6 Å². The minimum atomic E-state index is -0.384. The fourth-order valence-electron chi connectivity index (χ4n) is 2.11. The number of anilines is 1. The third kappa shape index (κ3) is 2.58. The summed E-state index contributed by atoms with van der Waals surface area (Å²) >= 11 is 0. The first kappa shape index (κ1) is 13.2. The van der Waals surface area contributed by atoms with Gasteiger partial charge >= 0.3 is 5.63 Å². The summed E-state index contributed by atoms with van der Waals surface area (Å²) in [6.07, 6.45) is 0. The highest BCUT2D eigenvalue weighted by atomic mass is 16.5. The van der Waals surface area contributed by atoms with E-state index in [9.17, 15) is 4.79 Å². The topological polar surface area (TPSA) is 78.4 Å². The van der Waals surface area contributed by atoms with Crippen molar-refractivity contribution >= 4 is 16.7 Å². The summed E-state index contributed by atoms with van der Waals surface area (Å²) < 4.78 is 10.9. The van der Waals surface area contributed by atoms with Gasteiger partial charge < -0.3 is 14.9 Å². The maximum atomic E-state index is 11.4. The third-order valence-corrected chi connectivity index (χ3v) is 3.17. The van der Waals surface area contributed by atoms with Gasteiger partial charge in [-0.05, 0) is 43.7 Å². The fourth-order valence-corrected chi connectivity index (χ4v) is 2.11. The van der Waals surface area contributed by atoms with Crippen LogP contribution in [0.4, 0.5) is 5.69 Å².